The van der Waals surface area contributed by atoms with E-state index in [9.17, 15) is 0 Å². The van der Waals surface area contributed by atoms with E-state index >= 15 is 0 Å². The number of nitrogens with zero attached hydrogens (tertiary/aromatic N) is 1. The molecule has 23 heavy (non-hydrogen) atoms. The minimum absolute atomic E-state index is 0.420. The molecule has 6 heteroatoms. The van der Waals surface area contributed by atoms with E-state index in [-0.39, 0.29) is 0 Å². The van der Waals surface area contributed by atoms with Crippen LogP contribution in [0.15, 0.2) is 53.6 Å². The topological polar surface area (TPSA) is 71.7 Å². The maximum atomic E-state index is 5.67. The third kappa shape index (κ3) is 5.27. The van der Waals surface area contributed by atoms with Gasteiger partial charge in [-0.3, -0.25) is 5.43 Å². The average Bonchev–Trinajstić information content (AvgIpc) is 2.55. The van der Waals surface area contributed by atoms with Crippen molar-refractivity contribution in [3.63, 3.8) is 0 Å². The van der Waals surface area contributed by atoms with Gasteiger partial charge in [0.15, 0.2) is 5.11 Å². The first kappa shape index (κ1) is 16.8. The predicted molar refractivity (Wildman–Crippen MR) is 100 cm³/mol. The first-order chi connectivity index (χ1) is 11.1. The van der Waals surface area contributed by atoms with E-state index in [0.29, 0.717) is 11.7 Å². The number of ether oxygens (including phenoxy) is 1. The SMILES string of the molecule is CCOc1ccc(NC(=S)N/N=C(/C)c2ccc(N)cc2)cc1. The molecule has 0 aliphatic carbocycles. The predicted octanol–water partition coefficient (Wildman–Crippen LogP) is 3.38. The minimum Gasteiger partial charge on any atom is -0.494 e. The van der Waals surface area contributed by atoms with Crippen LogP contribution in [0.1, 0.15) is 19.4 Å². The van der Waals surface area contributed by atoms with Gasteiger partial charge >= 0.3 is 0 Å². The molecule has 0 unspecified atom stereocenters. The van der Waals surface area contributed by atoms with Gasteiger partial charge in [0.1, 0.15) is 5.75 Å². The zero-order valence-corrected chi connectivity index (χ0v) is 14.0. The van der Waals surface area contributed by atoms with Gasteiger partial charge in [-0.2, -0.15) is 5.10 Å². The van der Waals surface area contributed by atoms with Crippen LogP contribution in [0.2, 0.25) is 0 Å². The molecule has 0 amide bonds. The summed E-state index contributed by atoms with van der Waals surface area (Å²) < 4.78 is 5.40. The van der Waals surface area contributed by atoms with Gasteiger partial charge in [0, 0.05) is 11.4 Å². The molecule has 0 bridgehead atoms. The highest BCUT2D eigenvalue weighted by atomic mass is 32.1. The summed E-state index contributed by atoms with van der Waals surface area (Å²) in [6, 6.07) is 15.1. The third-order valence-electron chi connectivity index (χ3n) is 3.08. The first-order valence-electron chi connectivity index (χ1n) is 7.28. The number of benzene rings is 2. The van der Waals surface area contributed by atoms with Crippen molar-refractivity contribution < 1.29 is 4.74 Å². The Morgan fingerprint density at radius 3 is 2.39 bits per heavy atom. The minimum atomic E-state index is 0.420. The molecule has 0 spiro atoms. The summed E-state index contributed by atoms with van der Waals surface area (Å²) in [6.07, 6.45) is 0. The zero-order valence-electron chi connectivity index (χ0n) is 13.2. The standard InChI is InChI=1S/C17H20N4OS/c1-3-22-16-10-8-15(9-11-16)19-17(23)21-20-12(2)13-4-6-14(18)7-5-13/h4-11H,3,18H2,1-2H3,(H2,19,21,23)/b20-12-. The van der Waals surface area contributed by atoms with Gasteiger partial charge in [0.05, 0.1) is 12.3 Å². The number of hydrogen-bond acceptors (Lipinski definition) is 4. The fourth-order valence-electron chi connectivity index (χ4n) is 1.88. The Morgan fingerprint density at radius 1 is 1.13 bits per heavy atom. The number of rotatable bonds is 5. The lowest BCUT2D eigenvalue weighted by Gasteiger charge is -2.09. The van der Waals surface area contributed by atoms with Gasteiger partial charge in [0.25, 0.3) is 0 Å². The van der Waals surface area contributed by atoms with Crippen LogP contribution in [-0.2, 0) is 0 Å². The number of hydrogen-bond donors (Lipinski definition) is 3. The lowest BCUT2D eigenvalue weighted by molar-refractivity contribution is 0.340. The number of nitrogens with one attached hydrogen (secondary N) is 2. The maximum absolute atomic E-state index is 5.67. The summed E-state index contributed by atoms with van der Waals surface area (Å²) in [4.78, 5) is 0. The molecule has 4 N–H and O–H groups in total. The highest BCUT2D eigenvalue weighted by Gasteiger charge is 2.00. The van der Waals surface area contributed by atoms with E-state index in [1.54, 1.807) is 0 Å². The summed E-state index contributed by atoms with van der Waals surface area (Å²) in [5.41, 5.74) is 11.9. The van der Waals surface area contributed by atoms with Gasteiger partial charge in [-0.05, 0) is 68.0 Å². The number of hydrazone groups is 1. The number of anilines is 2. The molecule has 0 heterocycles. The maximum Gasteiger partial charge on any atom is 0.191 e. The first-order valence-corrected chi connectivity index (χ1v) is 7.69. The Labute approximate surface area is 141 Å². The summed E-state index contributed by atoms with van der Waals surface area (Å²) in [5.74, 6) is 0.828. The van der Waals surface area contributed by atoms with Crippen molar-refractivity contribution >= 4 is 34.4 Å². The highest BCUT2D eigenvalue weighted by Crippen LogP contribution is 2.15. The summed E-state index contributed by atoms with van der Waals surface area (Å²) in [7, 11) is 0. The van der Waals surface area contributed by atoms with E-state index in [4.69, 9.17) is 22.7 Å². The normalized spacial score (nSPS) is 11.0. The van der Waals surface area contributed by atoms with Crippen LogP contribution in [0, 0.1) is 0 Å². The molecule has 0 aliphatic heterocycles. The third-order valence-corrected chi connectivity index (χ3v) is 3.27. The van der Waals surface area contributed by atoms with Crippen LogP contribution in [0.25, 0.3) is 0 Å². The molecule has 2 rings (SSSR count). The van der Waals surface area contributed by atoms with Crippen molar-refractivity contribution in [3.05, 3.63) is 54.1 Å². The Morgan fingerprint density at radius 2 is 1.78 bits per heavy atom. The average molecular weight is 328 g/mol. The van der Waals surface area contributed by atoms with Crippen LogP contribution in [-0.4, -0.2) is 17.4 Å². The second-order valence-corrected chi connectivity index (χ2v) is 5.25. The number of nitrogens with two attached hydrogens (primary N) is 1. The molecule has 2 aromatic rings. The molecule has 0 atom stereocenters. The van der Waals surface area contributed by atoms with Crippen molar-refractivity contribution in [2.24, 2.45) is 5.10 Å². The van der Waals surface area contributed by atoms with Gasteiger partial charge < -0.3 is 15.8 Å². The number of nitrogen functional groups attached to an aromatic ring is 1. The second kappa shape index (κ2) is 8.14. The molecule has 0 fully saturated rings. The van der Waals surface area contributed by atoms with Gasteiger partial charge in [-0.15, -0.1) is 0 Å². The largest absolute Gasteiger partial charge is 0.494 e. The van der Waals surface area contributed by atoms with E-state index in [1.807, 2.05) is 62.4 Å². The Bertz CT molecular complexity index is 681. The smallest absolute Gasteiger partial charge is 0.191 e. The quantitative estimate of drug-likeness (QED) is 0.340. The molecule has 0 saturated carbocycles. The molecule has 0 radical (unpaired) electrons. The van der Waals surface area contributed by atoms with Crippen molar-refractivity contribution in [1.82, 2.24) is 5.43 Å². The van der Waals surface area contributed by atoms with Crippen molar-refractivity contribution in [1.29, 1.82) is 0 Å². The summed E-state index contributed by atoms with van der Waals surface area (Å²) in [5, 5.41) is 7.75. The summed E-state index contributed by atoms with van der Waals surface area (Å²) in [6.45, 7) is 4.50. The van der Waals surface area contributed by atoms with Gasteiger partial charge in [-0.25, -0.2) is 0 Å². The van der Waals surface area contributed by atoms with Gasteiger partial charge in [-0.1, -0.05) is 12.1 Å². The summed E-state index contributed by atoms with van der Waals surface area (Å²) >= 11 is 5.23. The van der Waals surface area contributed by atoms with Crippen LogP contribution in [0.5, 0.6) is 5.75 Å². The van der Waals surface area contributed by atoms with Crippen molar-refractivity contribution in [2.75, 3.05) is 17.7 Å². The zero-order chi connectivity index (χ0) is 16.7. The molecule has 5 nitrogen and oxygen atoms in total. The molecule has 2 aromatic carbocycles. The molecule has 120 valence electrons. The molecular weight excluding hydrogens is 308 g/mol. The fraction of sp³-hybridized carbons (Fsp3) is 0.176. The molecule has 0 aromatic heterocycles. The van der Waals surface area contributed by atoms with Gasteiger partial charge in [0.2, 0.25) is 0 Å². The molecule has 0 aliphatic rings. The van der Waals surface area contributed by atoms with Crippen LogP contribution < -0.4 is 21.2 Å². The Hall–Kier alpha value is -2.60. The Balaban J connectivity index is 1.91. The van der Waals surface area contributed by atoms with E-state index in [0.717, 1.165) is 28.4 Å². The second-order valence-electron chi connectivity index (χ2n) is 4.84. The Kier molecular flexibility index (Phi) is 5.94. The fourth-order valence-corrected chi connectivity index (χ4v) is 2.05. The van der Waals surface area contributed by atoms with E-state index in [2.05, 4.69) is 15.8 Å². The highest BCUT2D eigenvalue weighted by molar-refractivity contribution is 7.80. The van der Waals surface area contributed by atoms with Crippen molar-refractivity contribution in [3.8, 4) is 5.75 Å². The number of thiocarbonyl (C=S) groups is 1. The van der Waals surface area contributed by atoms with Crippen LogP contribution in [0.3, 0.4) is 0 Å². The lowest BCUT2D eigenvalue weighted by atomic mass is 10.1. The lowest BCUT2D eigenvalue weighted by Crippen LogP contribution is -2.24. The monoisotopic (exact) mass is 328 g/mol. The van der Waals surface area contributed by atoms with Crippen molar-refractivity contribution in [2.45, 2.75) is 13.8 Å². The van der Waals surface area contributed by atoms with Crippen LogP contribution >= 0.6 is 12.2 Å². The van der Waals surface area contributed by atoms with Crippen LogP contribution in [0.4, 0.5) is 11.4 Å². The molecule has 0 saturated heterocycles. The molecular formula is C17H20N4OS. The van der Waals surface area contributed by atoms with E-state index < -0.39 is 0 Å². The van der Waals surface area contributed by atoms with E-state index in [1.165, 1.54) is 0 Å².